The molecule has 19 heavy (non-hydrogen) atoms. The Morgan fingerprint density at radius 1 is 1.42 bits per heavy atom. The molecule has 1 aliphatic carbocycles. The van der Waals surface area contributed by atoms with E-state index < -0.39 is 0 Å². The van der Waals surface area contributed by atoms with E-state index in [1.807, 2.05) is 7.05 Å². The molecule has 1 aromatic carbocycles. The largest absolute Gasteiger partial charge is 0.329 e. The van der Waals surface area contributed by atoms with Crippen molar-refractivity contribution >= 4 is 11.6 Å². The fraction of sp³-hybridized carbons (Fsp3) is 0.600. The first kappa shape index (κ1) is 14.8. The molecule has 4 heteroatoms. The van der Waals surface area contributed by atoms with Gasteiger partial charge in [-0.1, -0.05) is 30.5 Å². The molecule has 2 N–H and O–H groups in total. The Labute approximate surface area is 119 Å². The minimum absolute atomic E-state index is 0.144. The smallest absolute Gasteiger partial charge is 0.129 e. The molecule has 106 valence electrons. The van der Waals surface area contributed by atoms with Crippen molar-refractivity contribution in [2.75, 3.05) is 20.1 Å². The summed E-state index contributed by atoms with van der Waals surface area (Å²) in [6.45, 7) is 1.34. The lowest BCUT2D eigenvalue weighted by molar-refractivity contribution is 0.209. The van der Waals surface area contributed by atoms with Crippen molar-refractivity contribution in [1.82, 2.24) is 4.90 Å². The second-order valence-corrected chi connectivity index (χ2v) is 5.88. The third-order valence-corrected chi connectivity index (χ3v) is 4.44. The molecule has 1 aliphatic rings. The zero-order valence-corrected chi connectivity index (χ0v) is 12.2. The number of hydrogen-bond donors (Lipinski definition) is 1. The van der Waals surface area contributed by atoms with Gasteiger partial charge in [-0.15, -0.1) is 0 Å². The molecule has 0 bridgehead atoms. The molecule has 0 aromatic heterocycles. The van der Waals surface area contributed by atoms with Crippen molar-refractivity contribution in [1.29, 1.82) is 0 Å². The minimum Gasteiger partial charge on any atom is -0.329 e. The number of nitrogens with two attached hydrogens (primary N) is 1. The molecule has 1 unspecified atom stereocenters. The van der Waals surface area contributed by atoms with Gasteiger partial charge in [0.1, 0.15) is 5.82 Å². The molecule has 1 aromatic rings. The number of rotatable bonds is 5. The van der Waals surface area contributed by atoms with E-state index in [0.29, 0.717) is 23.0 Å². The van der Waals surface area contributed by atoms with Gasteiger partial charge in [-0.3, -0.25) is 4.90 Å². The van der Waals surface area contributed by atoms with Crippen molar-refractivity contribution in [2.45, 2.75) is 31.7 Å². The molecule has 0 amide bonds. The van der Waals surface area contributed by atoms with E-state index in [2.05, 4.69) is 4.90 Å². The second kappa shape index (κ2) is 6.69. The number of hydrogen-bond acceptors (Lipinski definition) is 2. The standard InChI is InChI=1S/C15H22ClFN2/c1-19(10-11-5-2-3-6-11)14(9-18)15-12(16)7-4-8-13(15)17/h4,7-8,11,14H,2-3,5-6,9-10,18H2,1H3. The van der Waals surface area contributed by atoms with Gasteiger partial charge in [0.25, 0.3) is 0 Å². The molecule has 1 fully saturated rings. The lowest BCUT2D eigenvalue weighted by atomic mass is 10.0. The van der Waals surface area contributed by atoms with E-state index >= 15 is 0 Å². The maximum atomic E-state index is 14.0. The van der Waals surface area contributed by atoms with Gasteiger partial charge in [0.15, 0.2) is 0 Å². The van der Waals surface area contributed by atoms with Crippen molar-refractivity contribution in [3.63, 3.8) is 0 Å². The van der Waals surface area contributed by atoms with Crippen molar-refractivity contribution in [3.05, 3.63) is 34.6 Å². The maximum absolute atomic E-state index is 14.0. The predicted molar refractivity (Wildman–Crippen MR) is 77.8 cm³/mol. The van der Waals surface area contributed by atoms with Crippen LogP contribution in [0.5, 0.6) is 0 Å². The van der Waals surface area contributed by atoms with Crippen LogP contribution in [0.15, 0.2) is 18.2 Å². The lowest BCUT2D eigenvalue weighted by Gasteiger charge is -2.30. The van der Waals surface area contributed by atoms with Gasteiger partial charge in [-0.2, -0.15) is 0 Å². The molecule has 0 heterocycles. The third-order valence-electron chi connectivity index (χ3n) is 4.11. The summed E-state index contributed by atoms with van der Waals surface area (Å²) in [5.41, 5.74) is 6.39. The van der Waals surface area contributed by atoms with Gasteiger partial charge in [-0.05, 0) is 37.9 Å². The molecule has 0 radical (unpaired) electrons. The number of likely N-dealkylation sites (N-methyl/N-ethyl adjacent to an activating group) is 1. The van der Waals surface area contributed by atoms with Crippen LogP contribution in [-0.4, -0.2) is 25.0 Å². The Bertz CT molecular complexity index is 398. The quantitative estimate of drug-likeness (QED) is 0.895. The summed E-state index contributed by atoms with van der Waals surface area (Å²) in [7, 11) is 2.01. The monoisotopic (exact) mass is 284 g/mol. The van der Waals surface area contributed by atoms with Gasteiger partial charge < -0.3 is 5.73 Å². The minimum atomic E-state index is -0.263. The van der Waals surface area contributed by atoms with E-state index in [1.165, 1.54) is 31.7 Å². The normalized spacial score (nSPS) is 18.2. The molecule has 0 saturated heterocycles. The zero-order valence-electron chi connectivity index (χ0n) is 11.4. The first-order chi connectivity index (χ1) is 9.13. The van der Waals surface area contributed by atoms with Crippen molar-refractivity contribution < 1.29 is 4.39 Å². The van der Waals surface area contributed by atoms with Crippen LogP contribution in [0.1, 0.15) is 37.3 Å². The molecular weight excluding hydrogens is 263 g/mol. The highest BCUT2D eigenvalue weighted by Crippen LogP contribution is 2.31. The van der Waals surface area contributed by atoms with Crippen LogP contribution in [0, 0.1) is 11.7 Å². The topological polar surface area (TPSA) is 29.3 Å². The van der Waals surface area contributed by atoms with Gasteiger partial charge in [0.05, 0.1) is 6.04 Å². The zero-order chi connectivity index (χ0) is 13.8. The Morgan fingerprint density at radius 2 is 2.11 bits per heavy atom. The molecule has 2 nitrogen and oxygen atoms in total. The van der Waals surface area contributed by atoms with Gasteiger partial charge in [0.2, 0.25) is 0 Å². The molecule has 1 saturated carbocycles. The average molecular weight is 285 g/mol. The number of halogens is 2. The van der Waals surface area contributed by atoms with E-state index in [1.54, 1.807) is 12.1 Å². The fourth-order valence-electron chi connectivity index (χ4n) is 3.07. The first-order valence-corrected chi connectivity index (χ1v) is 7.35. The summed E-state index contributed by atoms with van der Waals surface area (Å²) in [4.78, 5) is 2.15. The Morgan fingerprint density at radius 3 is 2.68 bits per heavy atom. The van der Waals surface area contributed by atoms with Crippen molar-refractivity contribution in [3.8, 4) is 0 Å². The Balaban J connectivity index is 2.14. The molecular formula is C15H22ClFN2. The summed E-state index contributed by atoms with van der Waals surface area (Å²) in [5.74, 6) is 0.450. The maximum Gasteiger partial charge on any atom is 0.129 e. The lowest BCUT2D eigenvalue weighted by Crippen LogP contribution is -2.34. The number of benzene rings is 1. The third kappa shape index (κ3) is 3.47. The SMILES string of the molecule is CN(CC1CCCC1)C(CN)c1c(F)cccc1Cl. The van der Waals surface area contributed by atoms with E-state index in [4.69, 9.17) is 17.3 Å². The Hall–Kier alpha value is -0.640. The van der Waals surface area contributed by atoms with Gasteiger partial charge >= 0.3 is 0 Å². The van der Waals surface area contributed by atoms with Crippen LogP contribution in [0.2, 0.25) is 5.02 Å². The van der Waals surface area contributed by atoms with Gasteiger partial charge in [-0.25, -0.2) is 4.39 Å². The highest BCUT2D eigenvalue weighted by atomic mass is 35.5. The highest BCUT2D eigenvalue weighted by Gasteiger charge is 2.25. The Kier molecular flexibility index (Phi) is 5.20. The molecule has 0 spiro atoms. The highest BCUT2D eigenvalue weighted by molar-refractivity contribution is 6.31. The average Bonchev–Trinajstić information content (AvgIpc) is 2.86. The van der Waals surface area contributed by atoms with E-state index in [0.717, 1.165) is 6.54 Å². The van der Waals surface area contributed by atoms with Crippen LogP contribution in [0.4, 0.5) is 4.39 Å². The van der Waals surface area contributed by atoms with Gasteiger partial charge in [0, 0.05) is 23.7 Å². The van der Waals surface area contributed by atoms with Crippen LogP contribution in [0.3, 0.4) is 0 Å². The first-order valence-electron chi connectivity index (χ1n) is 6.97. The predicted octanol–water partition coefficient (Wildman–Crippen LogP) is 3.60. The second-order valence-electron chi connectivity index (χ2n) is 5.48. The van der Waals surface area contributed by atoms with Crippen molar-refractivity contribution in [2.24, 2.45) is 11.7 Å². The fourth-order valence-corrected chi connectivity index (χ4v) is 3.36. The summed E-state index contributed by atoms with van der Waals surface area (Å²) >= 11 is 6.14. The van der Waals surface area contributed by atoms with E-state index in [-0.39, 0.29) is 11.9 Å². The molecule has 1 atom stereocenters. The number of nitrogens with zero attached hydrogens (tertiary/aromatic N) is 1. The summed E-state index contributed by atoms with van der Waals surface area (Å²) in [5, 5.41) is 0.466. The molecule has 0 aliphatic heterocycles. The van der Waals surface area contributed by atoms with Crippen LogP contribution < -0.4 is 5.73 Å². The van der Waals surface area contributed by atoms with E-state index in [9.17, 15) is 4.39 Å². The summed E-state index contributed by atoms with van der Waals surface area (Å²) < 4.78 is 14.0. The summed E-state index contributed by atoms with van der Waals surface area (Å²) in [6.07, 6.45) is 5.16. The van der Waals surface area contributed by atoms with Crippen LogP contribution >= 0.6 is 11.6 Å². The van der Waals surface area contributed by atoms with Crippen LogP contribution in [-0.2, 0) is 0 Å². The summed E-state index contributed by atoms with van der Waals surface area (Å²) in [6, 6.07) is 4.67. The van der Waals surface area contributed by atoms with Crippen LogP contribution in [0.25, 0.3) is 0 Å². The molecule has 2 rings (SSSR count).